The molecule has 0 aliphatic rings. The fraction of sp³-hybridized carbons (Fsp3) is 0.688. The molecule has 8 nitrogen and oxygen atoms in total. The van der Waals surface area contributed by atoms with Crippen LogP contribution < -0.4 is 16.4 Å². The molecule has 0 aromatic heterocycles. The van der Waals surface area contributed by atoms with Crippen molar-refractivity contribution in [1.29, 1.82) is 0 Å². The molecule has 0 saturated carbocycles. The van der Waals surface area contributed by atoms with E-state index in [9.17, 15) is 14.4 Å². The molecule has 0 spiro atoms. The van der Waals surface area contributed by atoms with Gasteiger partial charge in [-0.05, 0) is 46.5 Å². The van der Waals surface area contributed by atoms with Gasteiger partial charge >= 0.3 is 12.1 Å². The summed E-state index contributed by atoms with van der Waals surface area (Å²) in [6, 6.07) is -1.81. The van der Waals surface area contributed by atoms with Crippen molar-refractivity contribution >= 4 is 18.0 Å². The van der Waals surface area contributed by atoms with E-state index in [1.165, 1.54) is 6.08 Å². The lowest BCUT2D eigenvalue weighted by Gasteiger charge is -2.19. The van der Waals surface area contributed by atoms with Crippen LogP contribution in [0.25, 0.3) is 0 Å². The molecular formula is C16H29N3O5. The van der Waals surface area contributed by atoms with Gasteiger partial charge in [0.2, 0.25) is 5.91 Å². The number of carbonyl (C=O) groups is 3. The van der Waals surface area contributed by atoms with Crippen molar-refractivity contribution in [2.45, 2.75) is 64.1 Å². The largest absolute Gasteiger partial charge is 0.480 e. The Kier molecular flexibility index (Phi) is 9.71. The Morgan fingerprint density at radius 1 is 1.29 bits per heavy atom. The van der Waals surface area contributed by atoms with Gasteiger partial charge < -0.3 is 26.2 Å². The highest BCUT2D eigenvalue weighted by Gasteiger charge is 2.22. The molecule has 138 valence electrons. The van der Waals surface area contributed by atoms with Gasteiger partial charge in [0.25, 0.3) is 0 Å². The van der Waals surface area contributed by atoms with Crippen LogP contribution in [0.15, 0.2) is 12.7 Å². The minimum atomic E-state index is -1.13. The van der Waals surface area contributed by atoms with Crippen molar-refractivity contribution in [3.05, 3.63) is 12.7 Å². The Bertz CT molecular complexity index is 445. The summed E-state index contributed by atoms with van der Waals surface area (Å²) >= 11 is 0. The third kappa shape index (κ3) is 10.6. The second kappa shape index (κ2) is 10.6. The van der Waals surface area contributed by atoms with Gasteiger partial charge in [0.05, 0.1) is 6.04 Å². The number of hydrogen-bond acceptors (Lipinski definition) is 5. The molecule has 0 aromatic rings. The van der Waals surface area contributed by atoms with Crippen molar-refractivity contribution in [2.24, 2.45) is 5.73 Å². The summed E-state index contributed by atoms with van der Waals surface area (Å²) in [5, 5.41) is 14.0. The smallest absolute Gasteiger partial charge is 0.407 e. The molecule has 5 N–H and O–H groups in total. The third-order valence-corrected chi connectivity index (χ3v) is 2.96. The number of rotatable bonds is 10. The van der Waals surface area contributed by atoms with Crippen LogP contribution in [0.2, 0.25) is 0 Å². The van der Waals surface area contributed by atoms with Crippen LogP contribution in [0.5, 0.6) is 0 Å². The zero-order valence-electron chi connectivity index (χ0n) is 14.6. The number of amides is 2. The second-order valence-corrected chi connectivity index (χ2v) is 6.45. The minimum Gasteiger partial charge on any atom is -0.480 e. The van der Waals surface area contributed by atoms with Crippen molar-refractivity contribution in [2.75, 3.05) is 6.54 Å². The number of nitrogens with one attached hydrogen (secondary N) is 2. The lowest BCUT2D eigenvalue weighted by molar-refractivity contribution is -0.141. The number of alkyl carbamates (subject to hydrolysis) is 1. The maximum atomic E-state index is 11.8. The van der Waals surface area contributed by atoms with Crippen LogP contribution in [0.4, 0.5) is 4.79 Å². The van der Waals surface area contributed by atoms with Gasteiger partial charge in [0.15, 0.2) is 0 Å². The van der Waals surface area contributed by atoms with Crippen LogP contribution in [-0.4, -0.2) is 47.3 Å². The van der Waals surface area contributed by atoms with Gasteiger partial charge in [-0.2, -0.15) is 0 Å². The van der Waals surface area contributed by atoms with Crippen molar-refractivity contribution < 1.29 is 24.2 Å². The SMILES string of the molecule is C=CC[C@H](NC(=O)[C@H](N)CCCCNC(=O)OC(C)(C)C)C(=O)O. The van der Waals surface area contributed by atoms with E-state index in [-0.39, 0.29) is 6.42 Å². The number of carboxylic acids is 1. The summed E-state index contributed by atoms with van der Waals surface area (Å²) < 4.78 is 5.09. The highest BCUT2D eigenvalue weighted by molar-refractivity contribution is 5.86. The molecule has 2 amide bonds. The van der Waals surface area contributed by atoms with Crippen molar-refractivity contribution in [3.8, 4) is 0 Å². The Hall–Kier alpha value is -2.09. The molecule has 0 rings (SSSR count). The van der Waals surface area contributed by atoms with E-state index in [0.717, 1.165) is 0 Å². The number of nitrogens with two attached hydrogens (primary N) is 1. The summed E-state index contributed by atoms with van der Waals surface area (Å²) in [6.07, 6.45) is 2.71. The van der Waals surface area contributed by atoms with Crippen LogP contribution in [0, 0.1) is 0 Å². The molecule has 0 aliphatic heterocycles. The zero-order valence-corrected chi connectivity index (χ0v) is 14.6. The Morgan fingerprint density at radius 2 is 1.92 bits per heavy atom. The summed E-state index contributed by atoms with van der Waals surface area (Å²) in [5.41, 5.74) is 5.20. The van der Waals surface area contributed by atoms with Gasteiger partial charge in [-0.15, -0.1) is 6.58 Å². The number of carbonyl (C=O) groups excluding carboxylic acids is 2. The molecule has 0 heterocycles. The van der Waals surface area contributed by atoms with Gasteiger partial charge in [-0.25, -0.2) is 9.59 Å². The van der Waals surface area contributed by atoms with Gasteiger partial charge in [0.1, 0.15) is 11.6 Å². The van der Waals surface area contributed by atoms with Crippen LogP contribution in [-0.2, 0) is 14.3 Å². The summed E-state index contributed by atoms with van der Waals surface area (Å²) in [7, 11) is 0. The van der Waals surface area contributed by atoms with Crippen molar-refractivity contribution in [1.82, 2.24) is 10.6 Å². The molecule has 0 aromatic carbocycles. The Balaban J connectivity index is 3.98. The van der Waals surface area contributed by atoms with Crippen LogP contribution in [0.1, 0.15) is 46.5 Å². The molecule has 0 saturated heterocycles. The summed E-state index contributed by atoms with van der Waals surface area (Å²) in [4.78, 5) is 34.2. The lowest BCUT2D eigenvalue weighted by Crippen LogP contribution is -2.48. The monoisotopic (exact) mass is 343 g/mol. The molecule has 2 atom stereocenters. The molecule has 0 aliphatic carbocycles. The summed E-state index contributed by atoms with van der Waals surface area (Å²) in [6.45, 7) is 9.20. The Labute approximate surface area is 142 Å². The lowest BCUT2D eigenvalue weighted by atomic mass is 10.1. The average Bonchev–Trinajstić information content (AvgIpc) is 2.43. The highest BCUT2D eigenvalue weighted by Crippen LogP contribution is 2.06. The number of aliphatic carboxylic acids is 1. The Morgan fingerprint density at radius 3 is 2.42 bits per heavy atom. The van der Waals surface area contributed by atoms with Crippen LogP contribution in [0.3, 0.4) is 0 Å². The topological polar surface area (TPSA) is 131 Å². The molecule has 0 radical (unpaired) electrons. The number of carboxylic acid groups (broad SMARTS) is 1. The van der Waals surface area contributed by atoms with E-state index in [2.05, 4.69) is 17.2 Å². The van der Waals surface area contributed by atoms with Gasteiger partial charge in [-0.3, -0.25) is 4.79 Å². The fourth-order valence-corrected chi connectivity index (χ4v) is 1.79. The van der Waals surface area contributed by atoms with E-state index in [1.54, 1.807) is 20.8 Å². The highest BCUT2D eigenvalue weighted by atomic mass is 16.6. The summed E-state index contributed by atoms with van der Waals surface area (Å²) in [5.74, 6) is -1.64. The number of unbranched alkanes of at least 4 members (excludes halogenated alkanes) is 1. The first-order chi connectivity index (χ1) is 11.1. The molecule has 8 heteroatoms. The predicted octanol–water partition coefficient (Wildman–Crippen LogP) is 1.15. The second-order valence-electron chi connectivity index (χ2n) is 6.45. The fourth-order valence-electron chi connectivity index (χ4n) is 1.79. The molecule has 0 unspecified atom stereocenters. The third-order valence-electron chi connectivity index (χ3n) is 2.96. The quantitative estimate of drug-likeness (QED) is 0.348. The van der Waals surface area contributed by atoms with E-state index in [0.29, 0.717) is 25.8 Å². The number of hydrogen-bond donors (Lipinski definition) is 4. The average molecular weight is 343 g/mol. The number of ether oxygens (including phenoxy) is 1. The maximum absolute atomic E-state index is 11.8. The minimum absolute atomic E-state index is 0.133. The van der Waals surface area contributed by atoms with Crippen LogP contribution >= 0.6 is 0 Å². The molecule has 24 heavy (non-hydrogen) atoms. The van der Waals surface area contributed by atoms with E-state index >= 15 is 0 Å². The first-order valence-corrected chi connectivity index (χ1v) is 7.93. The standard InChI is InChI=1S/C16H29N3O5/c1-5-8-12(14(21)22)19-13(20)11(17)9-6-7-10-18-15(23)24-16(2,3)4/h5,11-12H,1,6-10,17H2,2-4H3,(H,18,23)(H,19,20)(H,21,22)/t11-,12+/m1/s1. The first-order valence-electron chi connectivity index (χ1n) is 7.93. The zero-order chi connectivity index (χ0) is 18.8. The molecular weight excluding hydrogens is 314 g/mol. The first kappa shape index (κ1) is 21.9. The molecule has 0 fully saturated rings. The van der Waals surface area contributed by atoms with Gasteiger partial charge in [0, 0.05) is 6.54 Å². The van der Waals surface area contributed by atoms with E-state index in [4.69, 9.17) is 15.6 Å². The maximum Gasteiger partial charge on any atom is 0.407 e. The molecule has 0 bridgehead atoms. The predicted molar refractivity (Wildman–Crippen MR) is 90.4 cm³/mol. The van der Waals surface area contributed by atoms with E-state index < -0.39 is 35.7 Å². The normalized spacial score (nSPS) is 13.5. The van der Waals surface area contributed by atoms with Gasteiger partial charge in [-0.1, -0.05) is 6.08 Å². The van der Waals surface area contributed by atoms with E-state index in [1.807, 2.05) is 0 Å². The van der Waals surface area contributed by atoms with Crippen molar-refractivity contribution in [3.63, 3.8) is 0 Å².